The van der Waals surface area contributed by atoms with Gasteiger partial charge in [0.2, 0.25) is 5.69 Å². The first-order valence-electron chi connectivity index (χ1n) is 8.76. The molecule has 0 fully saturated rings. The lowest BCUT2D eigenvalue weighted by atomic mass is 10.1. The van der Waals surface area contributed by atoms with E-state index in [1.165, 1.54) is 25.4 Å². The van der Waals surface area contributed by atoms with Crippen LogP contribution in [0.3, 0.4) is 0 Å². The first-order chi connectivity index (χ1) is 15.2. The zero-order valence-electron chi connectivity index (χ0n) is 16.0. The van der Waals surface area contributed by atoms with Gasteiger partial charge in [-0.25, -0.2) is 13.8 Å². The van der Waals surface area contributed by atoms with Gasteiger partial charge in [-0.15, -0.1) is 11.3 Å². The van der Waals surface area contributed by atoms with Gasteiger partial charge in [0, 0.05) is 18.0 Å². The second-order valence-electron chi connectivity index (χ2n) is 6.47. The number of aryl methyl sites for hydroxylation is 1. The summed E-state index contributed by atoms with van der Waals surface area (Å²) in [6, 6.07) is 4.10. The average Bonchev–Trinajstić information content (AvgIpc) is 3.45. The molecule has 0 aliphatic carbocycles. The molecule has 0 aliphatic heterocycles. The summed E-state index contributed by atoms with van der Waals surface area (Å²) in [5.74, 6) is -1.78. The normalized spacial score (nSPS) is 11.2. The number of hydrogen-bond donors (Lipinski definition) is 2. The van der Waals surface area contributed by atoms with Crippen LogP contribution in [0.4, 0.5) is 20.2 Å². The molecule has 4 aromatic heterocycles. The molecule has 4 heterocycles. The Morgan fingerprint density at radius 3 is 2.75 bits per heavy atom. The van der Waals surface area contributed by atoms with E-state index in [0.717, 1.165) is 16.9 Å². The van der Waals surface area contributed by atoms with E-state index in [1.54, 1.807) is 0 Å². The number of alkyl halides is 2. The highest BCUT2D eigenvalue weighted by molar-refractivity contribution is 7.21. The average molecular weight is 462 g/mol. The van der Waals surface area contributed by atoms with E-state index in [9.17, 15) is 28.5 Å². The van der Waals surface area contributed by atoms with Gasteiger partial charge in [-0.3, -0.25) is 24.4 Å². The molecule has 0 atom stereocenters. The monoisotopic (exact) mass is 462 g/mol. The fraction of sp³-hybridized carbons (Fsp3) is 0.111. The summed E-state index contributed by atoms with van der Waals surface area (Å²) in [6.45, 7) is 0. The first-order valence-corrected chi connectivity index (χ1v) is 9.57. The Hall–Kier alpha value is -4.20. The molecular weight excluding hydrogens is 450 g/mol. The predicted octanol–water partition coefficient (Wildman–Crippen LogP) is 3.49. The third kappa shape index (κ3) is 3.56. The van der Waals surface area contributed by atoms with Gasteiger partial charge in [0.05, 0.1) is 16.9 Å². The number of nitro groups is 1. The third-order valence-electron chi connectivity index (χ3n) is 4.38. The van der Waals surface area contributed by atoms with E-state index in [4.69, 9.17) is 10.2 Å². The number of hydrogen-bond acceptors (Lipinski definition) is 8. The van der Waals surface area contributed by atoms with Crippen LogP contribution in [0.25, 0.3) is 21.5 Å². The van der Waals surface area contributed by atoms with Crippen molar-refractivity contribution in [1.82, 2.24) is 14.8 Å². The number of nitrogens with one attached hydrogen (secondary N) is 1. The fourth-order valence-corrected chi connectivity index (χ4v) is 4.11. The van der Waals surface area contributed by atoms with Crippen LogP contribution in [-0.2, 0) is 7.05 Å². The van der Waals surface area contributed by atoms with E-state index < -0.39 is 40.2 Å². The molecule has 0 aromatic carbocycles. The van der Waals surface area contributed by atoms with Crippen LogP contribution in [0.5, 0.6) is 0 Å². The van der Waals surface area contributed by atoms with Crippen LogP contribution in [0.15, 0.2) is 35.1 Å². The van der Waals surface area contributed by atoms with Crippen LogP contribution in [0, 0.1) is 10.1 Å². The van der Waals surface area contributed by atoms with E-state index in [0.29, 0.717) is 11.3 Å². The summed E-state index contributed by atoms with van der Waals surface area (Å²) in [6.07, 6.45) is -0.553. The minimum Gasteiger partial charge on any atom is -0.464 e. The van der Waals surface area contributed by atoms with Crippen molar-refractivity contribution in [2.75, 3.05) is 5.32 Å². The van der Waals surface area contributed by atoms with Crippen molar-refractivity contribution in [3.8, 4) is 11.3 Å². The van der Waals surface area contributed by atoms with Crippen molar-refractivity contribution >= 4 is 44.7 Å². The van der Waals surface area contributed by atoms with E-state index >= 15 is 0 Å². The lowest BCUT2D eigenvalue weighted by Crippen LogP contribution is -2.18. The summed E-state index contributed by atoms with van der Waals surface area (Å²) in [5.41, 5.74) is 3.79. The fourth-order valence-electron chi connectivity index (χ4n) is 3.09. The standard InChI is InChI=1S/C18H12F2N6O5S/c1-25-6-9(26(29)30)12(24-25)17(28)23-13-11-7(10-3-2-4-31-10)5-8(15(19)20)22-18(11)32-14(13)16(21)27/h2-6,15H,1H3,(H2,21,27)(H,23,28). The van der Waals surface area contributed by atoms with Crippen molar-refractivity contribution in [3.63, 3.8) is 0 Å². The molecule has 0 saturated carbocycles. The second kappa shape index (κ2) is 7.81. The van der Waals surface area contributed by atoms with E-state index in [1.807, 2.05) is 0 Å². The maximum atomic E-state index is 13.4. The van der Waals surface area contributed by atoms with E-state index in [-0.39, 0.29) is 32.1 Å². The highest BCUT2D eigenvalue weighted by Crippen LogP contribution is 2.42. The molecule has 3 N–H and O–H groups in total. The third-order valence-corrected chi connectivity index (χ3v) is 5.47. The van der Waals surface area contributed by atoms with Crippen molar-refractivity contribution in [2.24, 2.45) is 12.8 Å². The summed E-state index contributed by atoms with van der Waals surface area (Å²) in [4.78, 5) is 39.1. The Morgan fingerprint density at radius 2 is 2.16 bits per heavy atom. The van der Waals surface area contributed by atoms with Gasteiger partial charge in [-0.05, 0) is 18.2 Å². The molecule has 0 unspecified atom stereocenters. The van der Waals surface area contributed by atoms with Crippen molar-refractivity contribution < 1.29 is 27.7 Å². The maximum absolute atomic E-state index is 13.4. The zero-order valence-corrected chi connectivity index (χ0v) is 16.9. The number of thiophene rings is 1. The topological polar surface area (TPSA) is 159 Å². The van der Waals surface area contributed by atoms with Crippen LogP contribution in [-0.4, -0.2) is 31.5 Å². The number of rotatable bonds is 6. The Morgan fingerprint density at radius 1 is 1.41 bits per heavy atom. The van der Waals surface area contributed by atoms with Crippen LogP contribution in [0.2, 0.25) is 0 Å². The smallest absolute Gasteiger partial charge is 0.320 e. The lowest BCUT2D eigenvalue weighted by molar-refractivity contribution is -0.385. The predicted molar refractivity (Wildman–Crippen MR) is 109 cm³/mol. The summed E-state index contributed by atoms with van der Waals surface area (Å²) in [5, 5.41) is 17.6. The summed E-state index contributed by atoms with van der Waals surface area (Å²) >= 11 is 0.693. The highest BCUT2D eigenvalue weighted by atomic mass is 32.1. The number of nitrogens with zero attached hydrogens (tertiary/aromatic N) is 4. The Kier molecular flexibility index (Phi) is 5.14. The summed E-state index contributed by atoms with van der Waals surface area (Å²) in [7, 11) is 1.39. The minimum absolute atomic E-state index is 0.00572. The number of halogens is 2. The molecule has 0 bridgehead atoms. The molecule has 0 saturated heterocycles. The number of aromatic nitrogens is 3. The molecule has 11 nitrogen and oxygen atoms in total. The maximum Gasteiger partial charge on any atom is 0.320 e. The molecule has 0 spiro atoms. The molecular formula is C18H12F2N6O5S. The Balaban J connectivity index is 1.94. The van der Waals surface area contributed by atoms with Gasteiger partial charge in [0.25, 0.3) is 18.2 Å². The SMILES string of the molecule is Cn1cc([N+](=O)[O-])c(C(=O)Nc2c(C(N)=O)sc3nc(C(F)F)cc(-c4ccco4)c23)n1. The number of carbonyl (C=O) groups is 2. The largest absolute Gasteiger partial charge is 0.464 e. The van der Waals surface area contributed by atoms with Gasteiger partial charge in [0.1, 0.15) is 27.4 Å². The second-order valence-corrected chi connectivity index (χ2v) is 7.47. The number of nitrogens with two attached hydrogens (primary N) is 1. The van der Waals surface area contributed by atoms with Gasteiger partial charge in [0.15, 0.2) is 0 Å². The number of fused-ring (bicyclic) bond motifs is 1. The van der Waals surface area contributed by atoms with Gasteiger partial charge in [-0.1, -0.05) is 0 Å². The zero-order chi connectivity index (χ0) is 23.2. The van der Waals surface area contributed by atoms with E-state index in [2.05, 4.69) is 15.4 Å². The number of primary amides is 1. The quantitative estimate of drug-likeness (QED) is 0.328. The number of carbonyl (C=O) groups excluding carboxylic acids is 2. The number of anilines is 1. The number of amides is 2. The van der Waals surface area contributed by atoms with Crippen molar-refractivity contribution in [3.05, 3.63) is 57.0 Å². The molecule has 32 heavy (non-hydrogen) atoms. The molecule has 14 heteroatoms. The molecule has 0 radical (unpaired) electrons. The molecule has 2 amide bonds. The van der Waals surface area contributed by atoms with Crippen molar-refractivity contribution in [2.45, 2.75) is 6.43 Å². The van der Waals surface area contributed by atoms with Crippen LogP contribution >= 0.6 is 11.3 Å². The summed E-state index contributed by atoms with van der Waals surface area (Å²) < 4.78 is 33.2. The number of furan rings is 1. The minimum atomic E-state index is -2.92. The van der Waals surface area contributed by atoms with Crippen LogP contribution in [0.1, 0.15) is 32.3 Å². The number of pyridine rings is 1. The van der Waals surface area contributed by atoms with Gasteiger partial charge >= 0.3 is 5.69 Å². The molecule has 4 rings (SSSR count). The molecule has 4 aromatic rings. The molecule has 164 valence electrons. The lowest BCUT2D eigenvalue weighted by Gasteiger charge is -2.08. The van der Waals surface area contributed by atoms with Crippen molar-refractivity contribution in [1.29, 1.82) is 0 Å². The molecule has 0 aliphatic rings. The highest BCUT2D eigenvalue weighted by Gasteiger charge is 2.29. The Labute approximate surface area is 180 Å². The van der Waals surface area contributed by atoms with Crippen LogP contribution < -0.4 is 11.1 Å². The first kappa shape index (κ1) is 21.0. The Bertz CT molecular complexity index is 1380. The van der Waals surface area contributed by atoms with Gasteiger partial charge in [-0.2, -0.15) is 5.10 Å². The van der Waals surface area contributed by atoms with Gasteiger partial charge < -0.3 is 15.5 Å².